The third-order valence-electron chi connectivity index (χ3n) is 2.44. The van der Waals surface area contributed by atoms with Gasteiger partial charge < -0.3 is 10.2 Å². The van der Waals surface area contributed by atoms with Crippen LogP contribution in [0.25, 0.3) is 0 Å². The second-order valence-electron chi connectivity index (χ2n) is 4.13. The summed E-state index contributed by atoms with van der Waals surface area (Å²) in [7, 11) is 0. The van der Waals surface area contributed by atoms with E-state index in [1.807, 2.05) is 43.0 Å². The van der Waals surface area contributed by atoms with Crippen molar-refractivity contribution in [3.8, 4) is 6.07 Å². The Morgan fingerprint density at radius 3 is 2.56 bits per heavy atom. The summed E-state index contributed by atoms with van der Waals surface area (Å²) in [6.45, 7) is 4.73. The highest BCUT2D eigenvalue weighted by Crippen LogP contribution is 2.14. The van der Waals surface area contributed by atoms with Gasteiger partial charge in [-0.05, 0) is 50.3 Å². The molecule has 0 spiro atoms. The molecule has 1 rings (SSSR count). The molecule has 0 radical (unpaired) electrons. The van der Waals surface area contributed by atoms with E-state index >= 15 is 0 Å². The Labute approximate surface area is 118 Å². The Hall–Kier alpha value is -1.31. The van der Waals surface area contributed by atoms with Crippen molar-refractivity contribution in [2.75, 3.05) is 11.9 Å². The normalized spacial score (nSPS) is 9.94. The number of halogens is 1. The van der Waals surface area contributed by atoms with Crippen LogP contribution in [0.2, 0.25) is 5.02 Å². The molecule has 0 fully saturated rings. The number of thiocarbonyl (C=S) groups is 1. The molecule has 5 heteroatoms. The molecule has 96 valence electrons. The first-order valence-electron chi connectivity index (χ1n) is 5.74. The Kier molecular flexibility index (Phi) is 5.90. The van der Waals surface area contributed by atoms with Crippen molar-refractivity contribution in [1.29, 1.82) is 5.26 Å². The average Bonchev–Trinajstić information content (AvgIpc) is 2.32. The van der Waals surface area contributed by atoms with Gasteiger partial charge in [-0.2, -0.15) is 5.26 Å². The predicted molar refractivity (Wildman–Crippen MR) is 79.7 cm³/mol. The molecule has 0 heterocycles. The monoisotopic (exact) mass is 281 g/mol. The maximum Gasteiger partial charge on any atom is 0.173 e. The van der Waals surface area contributed by atoms with E-state index in [9.17, 15) is 0 Å². The highest BCUT2D eigenvalue weighted by Gasteiger charge is 2.12. The van der Waals surface area contributed by atoms with Crippen LogP contribution in [-0.2, 0) is 0 Å². The Bertz CT molecular complexity index is 437. The van der Waals surface area contributed by atoms with E-state index in [0.717, 1.165) is 5.69 Å². The van der Waals surface area contributed by atoms with E-state index in [4.69, 9.17) is 29.1 Å². The maximum absolute atomic E-state index is 8.64. The molecule has 0 saturated heterocycles. The molecule has 0 saturated carbocycles. The molecule has 0 bridgehead atoms. The van der Waals surface area contributed by atoms with Crippen LogP contribution >= 0.6 is 23.8 Å². The van der Waals surface area contributed by atoms with Gasteiger partial charge in [-0.15, -0.1) is 0 Å². The lowest BCUT2D eigenvalue weighted by Gasteiger charge is -2.28. The number of nitrogens with zero attached hydrogens (tertiary/aromatic N) is 2. The summed E-state index contributed by atoms with van der Waals surface area (Å²) in [5.74, 6) is 0. The van der Waals surface area contributed by atoms with Gasteiger partial charge in [-0.1, -0.05) is 11.6 Å². The van der Waals surface area contributed by atoms with E-state index in [1.54, 1.807) is 0 Å². The fraction of sp³-hybridized carbons (Fsp3) is 0.385. The maximum atomic E-state index is 8.64. The van der Waals surface area contributed by atoms with Gasteiger partial charge in [0.05, 0.1) is 12.5 Å². The van der Waals surface area contributed by atoms with Crippen molar-refractivity contribution in [3.05, 3.63) is 29.3 Å². The fourth-order valence-electron chi connectivity index (χ4n) is 1.49. The van der Waals surface area contributed by atoms with Gasteiger partial charge >= 0.3 is 0 Å². The van der Waals surface area contributed by atoms with Gasteiger partial charge in [0.1, 0.15) is 0 Å². The molecule has 0 aromatic heterocycles. The SMILES string of the molecule is CC(C)N(CCC#N)C(=S)Nc1ccc(Cl)cc1. The average molecular weight is 282 g/mol. The highest BCUT2D eigenvalue weighted by atomic mass is 35.5. The third kappa shape index (κ3) is 4.52. The summed E-state index contributed by atoms with van der Waals surface area (Å²) >= 11 is 11.2. The predicted octanol–water partition coefficient (Wildman–Crippen LogP) is 3.66. The molecule has 0 amide bonds. The third-order valence-corrected chi connectivity index (χ3v) is 3.03. The van der Waals surface area contributed by atoms with Gasteiger partial charge in [-0.25, -0.2) is 0 Å². The van der Waals surface area contributed by atoms with E-state index in [2.05, 4.69) is 11.4 Å². The number of nitriles is 1. The van der Waals surface area contributed by atoms with Crippen molar-refractivity contribution in [2.24, 2.45) is 0 Å². The van der Waals surface area contributed by atoms with E-state index in [1.165, 1.54) is 0 Å². The smallest absolute Gasteiger partial charge is 0.173 e. The van der Waals surface area contributed by atoms with Crippen molar-refractivity contribution in [1.82, 2.24) is 4.90 Å². The molecule has 1 N–H and O–H groups in total. The number of benzene rings is 1. The Balaban J connectivity index is 2.67. The van der Waals surface area contributed by atoms with Crippen LogP contribution in [0.1, 0.15) is 20.3 Å². The van der Waals surface area contributed by atoms with Crippen molar-refractivity contribution < 1.29 is 0 Å². The summed E-state index contributed by atoms with van der Waals surface area (Å²) in [6, 6.07) is 9.75. The van der Waals surface area contributed by atoms with E-state index in [0.29, 0.717) is 23.1 Å². The number of hydrogen-bond acceptors (Lipinski definition) is 2. The van der Waals surface area contributed by atoms with Gasteiger partial charge in [0, 0.05) is 23.3 Å². The standard InChI is InChI=1S/C13H16ClN3S/c1-10(2)17(9-3-8-15)13(18)16-12-6-4-11(14)5-7-12/h4-7,10H,3,9H2,1-2H3,(H,16,18). The van der Waals surface area contributed by atoms with E-state index < -0.39 is 0 Å². The second kappa shape index (κ2) is 7.20. The lowest BCUT2D eigenvalue weighted by atomic mass is 10.3. The second-order valence-corrected chi connectivity index (χ2v) is 4.96. The minimum Gasteiger partial charge on any atom is -0.346 e. The summed E-state index contributed by atoms with van der Waals surface area (Å²) < 4.78 is 0. The molecule has 0 unspecified atom stereocenters. The molecule has 0 atom stereocenters. The van der Waals surface area contributed by atoms with Crippen LogP contribution in [0.5, 0.6) is 0 Å². The topological polar surface area (TPSA) is 39.1 Å². The quantitative estimate of drug-likeness (QED) is 0.855. The van der Waals surface area contributed by atoms with E-state index in [-0.39, 0.29) is 6.04 Å². The lowest BCUT2D eigenvalue weighted by molar-refractivity contribution is 0.362. The van der Waals surface area contributed by atoms with Crippen LogP contribution in [0.15, 0.2) is 24.3 Å². The Morgan fingerprint density at radius 2 is 2.06 bits per heavy atom. The van der Waals surface area contributed by atoms with Crippen LogP contribution in [0.3, 0.4) is 0 Å². The Morgan fingerprint density at radius 1 is 1.44 bits per heavy atom. The number of nitrogens with one attached hydrogen (secondary N) is 1. The van der Waals surface area contributed by atoms with Crippen molar-refractivity contribution in [3.63, 3.8) is 0 Å². The highest BCUT2D eigenvalue weighted by molar-refractivity contribution is 7.80. The molecule has 1 aromatic carbocycles. The minimum atomic E-state index is 0.255. The van der Waals surface area contributed by atoms with Gasteiger partial charge in [-0.3, -0.25) is 0 Å². The molecule has 3 nitrogen and oxygen atoms in total. The van der Waals surface area contributed by atoms with Gasteiger partial charge in [0.2, 0.25) is 0 Å². The lowest BCUT2D eigenvalue weighted by Crippen LogP contribution is -2.40. The molecule has 18 heavy (non-hydrogen) atoms. The van der Waals surface area contributed by atoms with Crippen molar-refractivity contribution in [2.45, 2.75) is 26.3 Å². The molecule has 0 aliphatic heterocycles. The molecular formula is C13H16ClN3S. The first-order valence-corrected chi connectivity index (χ1v) is 6.53. The first kappa shape index (κ1) is 14.7. The van der Waals surface area contributed by atoms with Crippen molar-refractivity contribution >= 4 is 34.6 Å². The van der Waals surface area contributed by atoms with Crippen LogP contribution in [-0.4, -0.2) is 22.6 Å². The molecule has 0 aliphatic carbocycles. The largest absolute Gasteiger partial charge is 0.346 e. The summed E-state index contributed by atoms with van der Waals surface area (Å²) in [4.78, 5) is 1.99. The fourth-order valence-corrected chi connectivity index (χ4v) is 2.04. The zero-order valence-electron chi connectivity index (χ0n) is 10.5. The first-order chi connectivity index (χ1) is 8.54. The molecular weight excluding hydrogens is 266 g/mol. The van der Waals surface area contributed by atoms with Gasteiger partial charge in [0.15, 0.2) is 5.11 Å². The van der Waals surface area contributed by atoms with Crippen LogP contribution in [0.4, 0.5) is 5.69 Å². The molecule has 1 aromatic rings. The number of anilines is 1. The summed E-state index contributed by atoms with van der Waals surface area (Å²) in [5, 5.41) is 13.1. The molecule has 0 aliphatic rings. The number of rotatable bonds is 4. The van der Waals surface area contributed by atoms with Crippen LogP contribution < -0.4 is 5.32 Å². The van der Waals surface area contributed by atoms with Gasteiger partial charge in [0.25, 0.3) is 0 Å². The summed E-state index contributed by atoms with van der Waals surface area (Å²) in [6.07, 6.45) is 0.459. The zero-order valence-corrected chi connectivity index (χ0v) is 12.1. The zero-order chi connectivity index (χ0) is 13.5. The number of hydrogen-bond donors (Lipinski definition) is 1. The minimum absolute atomic E-state index is 0.255. The van der Waals surface area contributed by atoms with Crippen LogP contribution in [0, 0.1) is 11.3 Å². The summed E-state index contributed by atoms with van der Waals surface area (Å²) in [5.41, 5.74) is 0.895.